The highest BCUT2D eigenvalue weighted by Gasteiger charge is 1.94. The molecule has 0 radical (unpaired) electrons. The fourth-order valence-electron chi connectivity index (χ4n) is 0.986. The highest BCUT2D eigenvalue weighted by Crippen LogP contribution is 2.00. The maximum atomic E-state index is 5.62. The monoisotopic (exact) mass is 141 g/mol. The molecule has 0 heterocycles. The van der Waals surface area contributed by atoms with Gasteiger partial charge >= 0.3 is 0 Å². The van der Waals surface area contributed by atoms with E-state index in [2.05, 4.69) is 12.1 Å². The van der Waals surface area contributed by atoms with Crippen molar-refractivity contribution in [1.82, 2.24) is 0 Å². The fraction of sp³-hybridized carbons (Fsp3) is 0.333. The van der Waals surface area contributed by atoms with Crippen molar-refractivity contribution in [2.24, 2.45) is 5.73 Å². The molecule has 0 spiro atoms. The molecule has 1 rings (SSSR count). The van der Waals surface area contributed by atoms with Gasteiger partial charge in [0, 0.05) is 6.04 Å². The summed E-state index contributed by atoms with van der Waals surface area (Å²) in [6, 6.07) is 10.6. The van der Waals surface area contributed by atoms with Gasteiger partial charge in [0.15, 0.2) is 0 Å². The Kier molecular flexibility index (Phi) is 2.46. The zero-order valence-corrected chi connectivity index (χ0v) is 6.25. The van der Waals surface area contributed by atoms with E-state index < -0.39 is 0 Å². The number of hydrogen-bond donors (Lipinski definition) is 1. The van der Waals surface area contributed by atoms with Crippen molar-refractivity contribution in [3.8, 4) is 0 Å². The van der Waals surface area contributed by atoms with Crippen molar-refractivity contribution < 1.29 is 0 Å². The molecule has 0 aromatic heterocycles. The smallest absolute Gasteiger partial charge is 0.00509 e. The molecular weight excluding hydrogens is 128 g/mol. The molecule has 1 unspecified atom stereocenters. The molecule has 1 nitrogen and oxygen atoms in total. The van der Waals surface area contributed by atoms with E-state index in [0.29, 0.717) is 0 Å². The Morgan fingerprint density at radius 2 is 1.90 bits per heavy atom. The maximum absolute atomic E-state index is 5.62. The maximum Gasteiger partial charge on any atom is 0.00509 e. The van der Waals surface area contributed by atoms with E-state index in [4.69, 9.17) is 5.73 Å². The summed E-state index contributed by atoms with van der Waals surface area (Å²) < 4.78 is 0. The highest BCUT2D eigenvalue weighted by atomic mass is 15.1. The summed E-state index contributed by atoms with van der Waals surface area (Å²) in [4.78, 5) is 0. The van der Waals surface area contributed by atoms with Crippen LogP contribution in [-0.4, -0.2) is 6.04 Å². The molecule has 0 aliphatic rings. The fourth-order valence-corrected chi connectivity index (χ4v) is 0.986. The molecule has 1 heteroatoms. The van der Waals surface area contributed by atoms with E-state index in [1.807, 2.05) is 25.1 Å². The van der Waals surface area contributed by atoms with Crippen molar-refractivity contribution in [2.45, 2.75) is 19.4 Å². The van der Waals surface area contributed by atoms with Crippen LogP contribution in [0.3, 0.4) is 0 Å². The quantitative estimate of drug-likeness (QED) is 0.621. The summed E-state index contributed by atoms with van der Waals surface area (Å²) in [6.07, 6.45) is 0.973. The van der Waals surface area contributed by atoms with Crippen molar-refractivity contribution in [3.05, 3.63) is 35.9 Å². The van der Waals surface area contributed by atoms with Crippen LogP contribution in [0.15, 0.2) is 30.3 Å². The van der Waals surface area contributed by atoms with Crippen molar-refractivity contribution >= 4 is 0 Å². The lowest BCUT2D eigenvalue weighted by molar-refractivity contribution is 0.738. The van der Waals surface area contributed by atoms with Gasteiger partial charge in [-0.3, -0.25) is 0 Å². The minimum atomic E-state index is 0.266. The summed E-state index contributed by atoms with van der Waals surface area (Å²) in [5, 5.41) is 0. The summed E-state index contributed by atoms with van der Waals surface area (Å²) in [6.45, 7) is 2.02. The molecule has 0 fully saturated rings. The van der Waals surface area contributed by atoms with Crippen molar-refractivity contribution in [3.63, 3.8) is 0 Å². The minimum absolute atomic E-state index is 0.266. The van der Waals surface area contributed by atoms with Crippen LogP contribution < -0.4 is 5.73 Å². The molecule has 2 N–H and O–H groups in total. The number of benzene rings is 1. The molecule has 0 saturated carbocycles. The lowest BCUT2D eigenvalue weighted by atomic mass is 10.6. The average molecular weight is 141 g/mol. The van der Waals surface area contributed by atoms with Gasteiger partial charge in [-0.25, -0.2) is 0 Å². The predicted octanol–water partition coefficient (Wildman–Crippen LogP) is 1.58. The summed E-state index contributed by atoms with van der Waals surface area (Å²) in [5.74, 6) is 0. The number of rotatable bonds is 2. The summed E-state index contributed by atoms with van der Waals surface area (Å²) in [7, 11) is 0. The lowest BCUT2D eigenvalue weighted by Gasteiger charge is -2.02. The molecule has 10 heavy (non-hydrogen) atoms. The first-order valence-corrected chi connectivity index (χ1v) is 3.58. The number of hydrogen-bond acceptors (Lipinski definition) is 1. The van der Waals surface area contributed by atoms with Crippen LogP contribution in [0.1, 0.15) is 12.5 Å². The van der Waals surface area contributed by atoms with Crippen LogP contribution in [0.2, 0.25) is 0 Å². The molecule has 1 atom stereocenters. The van der Waals surface area contributed by atoms with Crippen LogP contribution in [-0.2, 0) is 6.42 Å². The molecule has 0 saturated heterocycles. The van der Waals surface area contributed by atoms with Gasteiger partial charge in [0.2, 0.25) is 0 Å². The average Bonchev–Trinajstić information content (AvgIpc) is 1.88. The van der Waals surface area contributed by atoms with Crippen LogP contribution in [0, 0.1) is 0 Å². The first-order valence-electron chi connectivity index (χ1n) is 3.58. The van der Waals surface area contributed by atoms with E-state index in [1.165, 1.54) is 5.56 Å². The molecule has 0 bridgehead atoms. The van der Waals surface area contributed by atoms with Gasteiger partial charge in [0.25, 0.3) is 0 Å². The first-order chi connectivity index (χ1) is 4.79. The lowest BCUT2D eigenvalue weighted by Crippen LogP contribution is -2.17. The van der Waals surface area contributed by atoms with Crippen molar-refractivity contribution in [2.75, 3.05) is 0 Å². The second kappa shape index (κ2) is 3.37. The SMILES string of the molecule is [13CH3][13CH](N)[13CH2][13c]1ccc[13cH][13cH]1. The molecular formula is C9H13N. The Balaban J connectivity index is 2.59. The highest BCUT2D eigenvalue weighted by molar-refractivity contribution is 5.15. The van der Waals surface area contributed by atoms with Crippen LogP contribution >= 0.6 is 0 Å². The largest absolute Gasteiger partial charge is 0.328 e. The van der Waals surface area contributed by atoms with Gasteiger partial charge in [0.1, 0.15) is 0 Å². The zero-order valence-electron chi connectivity index (χ0n) is 6.25. The normalized spacial score (nSPS) is 13.0. The number of nitrogens with two attached hydrogens (primary N) is 1. The van der Waals surface area contributed by atoms with Gasteiger partial charge in [0.05, 0.1) is 0 Å². The van der Waals surface area contributed by atoms with Gasteiger partial charge in [-0.05, 0) is 18.9 Å². The molecule has 0 amide bonds. The van der Waals surface area contributed by atoms with Crippen molar-refractivity contribution in [1.29, 1.82) is 0 Å². The second-order valence-electron chi connectivity index (χ2n) is 2.67. The Hall–Kier alpha value is -0.820. The second-order valence-corrected chi connectivity index (χ2v) is 2.67. The van der Waals surface area contributed by atoms with E-state index in [1.54, 1.807) is 0 Å². The van der Waals surface area contributed by atoms with Gasteiger partial charge in [-0.15, -0.1) is 0 Å². The summed E-state index contributed by atoms with van der Waals surface area (Å²) in [5.41, 5.74) is 6.94. The third kappa shape index (κ3) is 2.19. The molecule has 54 valence electrons. The van der Waals surface area contributed by atoms with Gasteiger partial charge < -0.3 is 5.73 Å². The Labute approximate surface area is 61.9 Å². The standard InChI is InChI=1S/C9H13N/c1-8(10)7-9-5-3-2-4-6-9/h2-6,8H,7,10H2,1H3/i1+1,3+1,5+1,7+1,8+1,9+1. The molecule has 0 aliphatic carbocycles. The predicted molar refractivity (Wildman–Crippen MR) is 43.8 cm³/mol. The zero-order chi connectivity index (χ0) is 7.40. The topological polar surface area (TPSA) is 26.0 Å². The van der Waals surface area contributed by atoms with Gasteiger partial charge in [-0.2, -0.15) is 0 Å². The Morgan fingerprint density at radius 1 is 1.30 bits per heavy atom. The van der Waals surface area contributed by atoms with E-state index in [-0.39, 0.29) is 6.04 Å². The van der Waals surface area contributed by atoms with Crippen LogP contribution in [0.5, 0.6) is 0 Å². The Morgan fingerprint density at radius 3 is 2.40 bits per heavy atom. The summed E-state index contributed by atoms with van der Waals surface area (Å²) >= 11 is 0. The van der Waals surface area contributed by atoms with Gasteiger partial charge in [-0.1, -0.05) is 30.3 Å². The Bertz CT molecular complexity index is 179. The molecule has 1 aromatic carbocycles. The van der Waals surface area contributed by atoms with Crippen LogP contribution in [0.4, 0.5) is 0 Å². The first kappa shape index (κ1) is 7.29. The van der Waals surface area contributed by atoms with E-state index in [0.717, 1.165) is 6.42 Å². The molecule has 1 aromatic rings. The van der Waals surface area contributed by atoms with E-state index in [9.17, 15) is 0 Å². The molecule has 0 aliphatic heterocycles. The van der Waals surface area contributed by atoms with E-state index >= 15 is 0 Å². The third-order valence-electron chi connectivity index (χ3n) is 1.40. The minimum Gasteiger partial charge on any atom is -0.328 e. The third-order valence-corrected chi connectivity index (χ3v) is 1.40. The van der Waals surface area contributed by atoms with Crippen LogP contribution in [0.25, 0.3) is 0 Å².